The summed E-state index contributed by atoms with van der Waals surface area (Å²) in [6, 6.07) is 43.6. The summed E-state index contributed by atoms with van der Waals surface area (Å²) in [5, 5.41) is 8.95. The van der Waals surface area contributed by atoms with Crippen LogP contribution in [0, 0.1) is 0 Å². The van der Waals surface area contributed by atoms with Gasteiger partial charge >= 0.3 is 0 Å². The summed E-state index contributed by atoms with van der Waals surface area (Å²) in [6.45, 7) is 4.94. The highest BCUT2D eigenvalue weighted by Crippen LogP contribution is 2.40. The smallest absolute Gasteiger partial charge is 0.113 e. The third-order valence-electron chi connectivity index (χ3n) is 9.30. The first-order valence-corrected chi connectivity index (χ1v) is 17.8. The lowest BCUT2D eigenvalue weighted by Crippen LogP contribution is -2.49. The van der Waals surface area contributed by atoms with Crippen LogP contribution in [-0.4, -0.2) is 23.0 Å². The predicted octanol–water partition coefficient (Wildman–Crippen LogP) is 8.62. The van der Waals surface area contributed by atoms with E-state index in [0.29, 0.717) is 0 Å². The maximum absolute atomic E-state index is 5.34. The van der Waals surface area contributed by atoms with Gasteiger partial charge in [0.15, 0.2) is 0 Å². The molecule has 0 fully saturated rings. The number of pyridine rings is 3. The van der Waals surface area contributed by atoms with Crippen molar-refractivity contribution < 1.29 is 0 Å². The zero-order valence-corrected chi connectivity index (χ0v) is 25.0. The summed E-state index contributed by atoms with van der Waals surface area (Å²) in [5.74, 6) is 0. The first kappa shape index (κ1) is 24.4. The molecule has 3 nitrogen and oxygen atoms in total. The van der Waals surface area contributed by atoms with E-state index >= 15 is 0 Å². The highest BCUT2D eigenvalue weighted by Gasteiger charge is 2.38. The van der Waals surface area contributed by atoms with E-state index in [0.717, 1.165) is 49.8 Å². The van der Waals surface area contributed by atoms with Crippen molar-refractivity contribution in [1.82, 2.24) is 15.0 Å². The number of fused-ring (bicyclic) bond motifs is 10. The number of nitrogens with zero attached hydrogens (tertiary/aromatic N) is 3. The number of rotatable bonds is 2. The summed E-state index contributed by atoms with van der Waals surface area (Å²) in [5.41, 5.74) is 9.82. The summed E-state index contributed by atoms with van der Waals surface area (Å²) < 4.78 is 0. The highest BCUT2D eigenvalue weighted by molar-refractivity contribution is 7.04. The average Bonchev–Trinajstić information content (AvgIpc) is 3.30. The molecule has 0 unspecified atom stereocenters. The molecule has 0 saturated carbocycles. The van der Waals surface area contributed by atoms with Gasteiger partial charge in [-0.25, -0.2) is 9.97 Å². The van der Waals surface area contributed by atoms with Gasteiger partial charge in [-0.05, 0) is 45.1 Å². The van der Waals surface area contributed by atoms with Gasteiger partial charge in [0, 0.05) is 38.9 Å². The minimum Gasteiger partial charge on any atom is -0.254 e. The molecule has 0 bridgehead atoms. The van der Waals surface area contributed by atoms with Crippen molar-refractivity contribution in [3.8, 4) is 33.6 Å². The molecular weight excluding hydrogens is 539 g/mol. The second-order valence-corrected chi connectivity index (χ2v) is 16.4. The van der Waals surface area contributed by atoms with Crippen LogP contribution < -0.4 is 10.4 Å². The Morgan fingerprint density at radius 3 is 2.12 bits per heavy atom. The normalized spacial score (nSPS) is 13.5. The van der Waals surface area contributed by atoms with Crippen LogP contribution in [-0.2, 0) is 0 Å². The van der Waals surface area contributed by atoms with Crippen LogP contribution in [0.1, 0.15) is 0 Å². The van der Waals surface area contributed by atoms with E-state index in [2.05, 4.69) is 133 Å². The van der Waals surface area contributed by atoms with Crippen molar-refractivity contribution in [2.75, 3.05) is 0 Å². The molecule has 0 atom stereocenters. The van der Waals surface area contributed by atoms with Gasteiger partial charge in [-0.3, -0.25) is 4.98 Å². The molecule has 3 aromatic heterocycles. The summed E-state index contributed by atoms with van der Waals surface area (Å²) in [7, 11) is -1.77. The van der Waals surface area contributed by atoms with Crippen molar-refractivity contribution in [2.24, 2.45) is 0 Å². The Morgan fingerprint density at radius 1 is 0.535 bits per heavy atom. The van der Waals surface area contributed by atoms with Crippen LogP contribution in [0.5, 0.6) is 0 Å². The molecule has 4 heterocycles. The molecule has 0 N–H and O–H groups in total. The first-order chi connectivity index (χ1) is 21.1. The minimum atomic E-state index is -1.77. The molecule has 0 saturated heterocycles. The van der Waals surface area contributed by atoms with E-state index in [1.807, 2.05) is 12.3 Å². The highest BCUT2D eigenvalue weighted by atomic mass is 28.3. The molecule has 43 heavy (non-hydrogen) atoms. The van der Waals surface area contributed by atoms with Crippen LogP contribution in [0.2, 0.25) is 13.1 Å². The van der Waals surface area contributed by atoms with Crippen LogP contribution in [0.3, 0.4) is 0 Å². The van der Waals surface area contributed by atoms with E-state index < -0.39 is 8.07 Å². The van der Waals surface area contributed by atoms with Crippen molar-refractivity contribution >= 4 is 61.9 Å². The Balaban J connectivity index is 1.21. The molecule has 0 radical (unpaired) electrons. The second kappa shape index (κ2) is 8.90. The molecule has 0 aliphatic carbocycles. The fourth-order valence-electron chi connectivity index (χ4n) is 7.14. The first-order valence-electron chi connectivity index (χ1n) is 14.8. The van der Waals surface area contributed by atoms with Crippen LogP contribution in [0.25, 0.3) is 77.1 Å². The SMILES string of the molecule is C[Si]1(C)c2ccccc2-c2c1ccc1nc(-c3ccc(-c4ccc5ccc6cccnc6c5n4)cc3)c3ccccc3c21. The fourth-order valence-corrected chi connectivity index (χ4v) is 10.2. The summed E-state index contributed by atoms with van der Waals surface area (Å²) >= 11 is 0. The summed E-state index contributed by atoms with van der Waals surface area (Å²) in [6.07, 6.45) is 1.83. The molecule has 1 aliphatic rings. The summed E-state index contributed by atoms with van der Waals surface area (Å²) in [4.78, 5) is 15.0. The monoisotopic (exact) mass is 565 g/mol. The van der Waals surface area contributed by atoms with Gasteiger partial charge in [-0.2, -0.15) is 0 Å². The topological polar surface area (TPSA) is 38.7 Å². The molecule has 1 aliphatic heterocycles. The Kier molecular flexibility index (Phi) is 5.05. The zero-order chi connectivity index (χ0) is 28.7. The van der Waals surface area contributed by atoms with E-state index in [1.165, 1.54) is 37.7 Å². The minimum absolute atomic E-state index is 0.933. The van der Waals surface area contributed by atoms with Crippen molar-refractivity contribution in [1.29, 1.82) is 0 Å². The largest absolute Gasteiger partial charge is 0.254 e. The van der Waals surface area contributed by atoms with Gasteiger partial charge in [0.25, 0.3) is 0 Å². The van der Waals surface area contributed by atoms with E-state index in [-0.39, 0.29) is 0 Å². The Bertz CT molecular complexity index is 2430. The lowest BCUT2D eigenvalue weighted by atomic mass is 9.94. The molecule has 0 spiro atoms. The third-order valence-corrected chi connectivity index (χ3v) is 12.8. The van der Waals surface area contributed by atoms with Crippen LogP contribution >= 0.6 is 0 Å². The molecule has 8 aromatic rings. The van der Waals surface area contributed by atoms with E-state index in [9.17, 15) is 0 Å². The van der Waals surface area contributed by atoms with Crippen LogP contribution in [0.15, 0.2) is 128 Å². The van der Waals surface area contributed by atoms with Crippen molar-refractivity contribution in [3.05, 3.63) is 128 Å². The second-order valence-electron chi connectivity index (χ2n) is 12.0. The number of hydrogen-bond donors (Lipinski definition) is 0. The number of aromatic nitrogens is 3. The van der Waals surface area contributed by atoms with Crippen molar-refractivity contribution in [2.45, 2.75) is 13.1 Å². The molecule has 4 heteroatoms. The van der Waals surface area contributed by atoms with Crippen molar-refractivity contribution in [3.63, 3.8) is 0 Å². The molecule has 0 amide bonds. The Hall–Kier alpha value is -5.19. The Labute approximate surface area is 250 Å². The maximum atomic E-state index is 5.34. The van der Waals surface area contributed by atoms with Gasteiger partial charge < -0.3 is 0 Å². The third kappa shape index (κ3) is 3.50. The molecule has 9 rings (SSSR count). The number of benzene rings is 5. The quantitative estimate of drug-likeness (QED) is 0.156. The van der Waals surface area contributed by atoms with Gasteiger partial charge in [0.05, 0.1) is 27.9 Å². The predicted molar refractivity (Wildman–Crippen MR) is 183 cm³/mol. The standard InChI is InChI=1S/C39H27N3Si/c1-43(2)33-12-6-5-11-30(33)36-34(43)22-21-32-35(36)28-9-3-4-10-29(28)37(42-32)26-15-13-24(14-16-26)31-20-19-27-18-17-25-8-7-23-40-38(25)39(27)41-31/h3-23H,1-2H3. The van der Waals surface area contributed by atoms with Gasteiger partial charge in [0.1, 0.15) is 8.07 Å². The fraction of sp³-hybridized carbons (Fsp3) is 0.0513. The average molecular weight is 566 g/mol. The zero-order valence-electron chi connectivity index (χ0n) is 24.0. The van der Waals surface area contributed by atoms with Gasteiger partial charge in [-0.15, -0.1) is 0 Å². The van der Waals surface area contributed by atoms with Gasteiger partial charge in [0.2, 0.25) is 0 Å². The Morgan fingerprint density at radius 2 is 1.26 bits per heavy atom. The molecular formula is C39H27N3Si. The van der Waals surface area contributed by atoms with E-state index in [1.54, 1.807) is 0 Å². The van der Waals surface area contributed by atoms with E-state index in [4.69, 9.17) is 9.97 Å². The molecule has 202 valence electrons. The lowest BCUT2D eigenvalue weighted by molar-refractivity contribution is 1.37. The maximum Gasteiger partial charge on any atom is 0.113 e. The lowest BCUT2D eigenvalue weighted by Gasteiger charge is -2.19. The van der Waals surface area contributed by atoms with Crippen LogP contribution in [0.4, 0.5) is 0 Å². The van der Waals surface area contributed by atoms with Gasteiger partial charge in [-0.1, -0.05) is 116 Å². The molecule has 5 aromatic carbocycles. The number of hydrogen-bond acceptors (Lipinski definition) is 3.